The minimum absolute atomic E-state index is 0.179. The number of aliphatic hydroxyl groups excluding tert-OH is 2. The van der Waals surface area contributed by atoms with Crippen LogP contribution in [-0.2, 0) is 9.53 Å². The molecule has 7 nitrogen and oxygen atoms in total. The Morgan fingerprint density at radius 3 is 2.96 bits per heavy atom. The van der Waals surface area contributed by atoms with Gasteiger partial charge in [-0.25, -0.2) is 14.4 Å². The third-order valence-electron chi connectivity index (χ3n) is 4.74. The molecule has 1 unspecified atom stereocenters. The van der Waals surface area contributed by atoms with E-state index in [4.69, 9.17) is 4.74 Å². The number of aliphatic hydroxyl groups is 2. The Morgan fingerprint density at radius 1 is 1.41 bits per heavy atom. The number of allylic oxidation sites excluding steroid dienone is 3. The molecule has 1 fully saturated rings. The topological polar surface area (TPSA) is 105 Å². The van der Waals surface area contributed by atoms with Crippen molar-refractivity contribution in [3.63, 3.8) is 0 Å². The van der Waals surface area contributed by atoms with E-state index in [1.807, 2.05) is 24.3 Å². The first kappa shape index (κ1) is 18.2. The highest BCUT2D eigenvalue weighted by molar-refractivity contribution is 7.18. The van der Waals surface area contributed by atoms with Gasteiger partial charge in [-0.3, -0.25) is 4.79 Å². The van der Waals surface area contributed by atoms with E-state index in [9.17, 15) is 19.4 Å². The summed E-state index contributed by atoms with van der Waals surface area (Å²) in [5.41, 5.74) is 0.929. The van der Waals surface area contributed by atoms with E-state index in [0.29, 0.717) is 28.0 Å². The number of carbonyl (C=O) groups excluding carboxylic acids is 1. The number of amides is 1. The fraction of sp³-hybridized carbons (Fsp3) is 0.389. The number of anilines is 1. The van der Waals surface area contributed by atoms with Gasteiger partial charge < -0.3 is 20.3 Å². The standard InChI is InChI=1S/C18H18FN3O4S/c19-12-14(24)11(6-23)26-15(12)10-7-27-16-13(10)20-8-21-17(16)22-18(25)9-4-2-1-3-5-9/h1-4,7-9,11-12,14-15,23-24H,5-6H2,(H,20,21,22,25)/t9?,11-,12-,14-,15+/m1/s1. The van der Waals surface area contributed by atoms with Crippen LogP contribution in [0.5, 0.6) is 0 Å². The molecule has 1 amide bonds. The maximum atomic E-state index is 14.5. The maximum Gasteiger partial charge on any atom is 0.232 e. The van der Waals surface area contributed by atoms with Crippen LogP contribution in [0.3, 0.4) is 0 Å². The number of thiophene rings is 1. The number of nitrogens with one attached hydrogen (secondary N) is 1. The average Bonchev–Trinajstić information content (AvgIpc) is 3.25. The van der Waals surface area contributed by atoms with Crippen LogP contribution >= 0.6 is 11.3 Å². The summed E-state index contributed by atoms with van der Waals surface area (Å²) < 4.78 is 20.5. The Labute approximate surface area is 158 Å². The Morgan fingerprint density at radius 2 is 2.26 bits per heavy atom. The third kappa shape index (κ3) is 3.27. The number of fused-ring (bicyclic) bond motifs is 1. The van der Waals surface area contributed by atoms with Crippen LogP contribution in [0, 0.1) is 5.92 Å². The molecule has 1 aliphatic heterocycles. The van der Waals surface area contributed by atoms with Gasteiger partial charge in [0.15, 0.2) is 12.0 Å². The molecule has 2 aromatic rings. The molecule has 4 rings (SSSR count). The number of ether oxygens (including phenoxy) is 1. The molecule has 5 atom stereocenters. The van der Waals surface area contributed by atoms with E-state index < -0.39 is 31.1 Å². The van der Waals surface area contributed by atoms with Crippen molar-refractivity contribution >= 4 is 33.3 Å². The quantitative estimate of drug-likeness (QED) is 0.735. The molecule has 27 heavy (non-hydrogen) atoms. The summed E-state index contributed by atoms with van der Waals surface area (Å²) >= 11 is 1.27. The number of hydrogen-bond acceptors (Lipinski definition) is 7. The minimum atomic E-state index is -1.67. The zero-order chi connectivity index (χ0) is 19.0. The molecule has 2 aromatic heterocycles. The second-order valence-electron chi connectivity index (χ2n) is 6.45. The Hall–Kier alpha value is -2.20. The summed E-state index contributed by atoms with van der Waals surface area (Å²) in [6.07, 6.45) is 4.29. The van der Waals surface area contributed by atoms with Gasteiger partial charge in [-0.05, 0) is 11.8 Å². The molecular weight excluding hydrogens is 373 g/mol. The van der Waals surface area contributed by atoms with Crippen LogP contribution < -0.4 is 5.32 Å². The van der Waals surface area contributed by atoms with Gasteiger partial charge >= 0.3 is 0 Å². The molecule has 0 saturated carbocycles. The summed E-state index contributed by atoms with van der Waals surface area (Å²) in [5.74, 6) is -0.0908. The van der Waals surface area contributed by atoms with E-state index >= 15 is 0 Å². The molecular formula is C18H18FN3O4S. The fourth-order valence-electron chi connectivity index (χ4n) is 3.27. The summed E-state index contributed by atoms with van der Waals surface area (Å²) in [7, 11) is 0. The minimum Gasteiger partial charge on any atom is -0.394 e. The Bertz CT molecular complexity index is 915. The van der Waals surface area contributed by atoms with E-state index in [2.05, 4.69) is 15.3 Å². The van der Waals surface area contributed by atoms with Gasteiger partial charge in [0.1, 0.15) is 24.6 Å². The van der Waals surface area contributed by atoms with Gasteiger partial charge in [0.2, 0.25) is 5.91 Å². The van der Waals surface area contributed by atoms with Gasteiger partial charge in [0.05, 0.1) is 22.7 Å². The molecule has 3 heterocycles. The lowest BCUT2D eigenvalue weighted by Gasteiger charge is -2.14. The summed E-state index contributed by atoms with van der Waals surface area (Å²) in [4.78, 5) is 20.8. The fourth-order valence-corrected chi connectivity index (χ4v) is 4.26. The van der Waals surface area contributed by atoms with Crippen molar-refractivity contribution in [1.82, 2.24) is 9.97 Å². The first-order chi connectivity index (χ1) is 13.1. The predicted octanol–water partition coefficient (Wildman–Crippen LogP) is 1.89. The van der Waals surface area contributed by atoms with Crippen LogP contribution in [0.2, 0.25) is 0 Å². The number of aromatic nitrogens is 2. The van der Waals surface area contributed by atoms with Crippen molar-refractivity contribution in [3.05, 3.63) is 41.6 Å². The van der Waals surface area contributed by atoms with E-state index in [-0.39, 0.29) is 11.8 Å². The lowest BCUT2D eigenvalue weighted by atomic mass is 10.0. The highest BCUT2D eigenvalue weighted by Gasteiger charge is 2.45. The van der Waals surface area contributed by atoms with Crippen molar-refractivity contribution in [1.29, 1.82) is 0 Å². The van der Waals surface area contributed by atoms with Crippen molar-refractivity contribution in [2.75, 3.05) is 11.9 Å². The Kier molecular flexibility index (Phi) is 5.00. The number of hydrogen-bond donors (Lipinski definition) is 3. The smallest absolute Gasteiger partial charge is 0.232 e. The number of nitrogens with zero attached hydrogens (tertiary/aromatic N) is 2. The molecule has 0 spiro atoms. The predicted molar refractivity (Wildman–Crippen MR) is 98.0 cm³/mol. The first-order valence-electron chi connectivity index (χ1n) is 8.55. The molecule has 1 aliphatic carbocycles. The molecule has 9 heteroatoms. The van der Waals surface area contributed by atoms with E-state index in [1.54, 1.807) is 5.38 Å². The molecule has 2 aliphatic rings. The SMILES string of the molecule is O=C(Nc1ncnc2c([C@@H]3O[C@H](CO)[C@@H](O)[C@H]3F)csc12)C1C=CC=CC1. The van der Waals surface area contributed by atoms with Crippen LogP contribution in [-0.4, -0.2) is 51.1 Å². The van der Waals surface area contributed by atoms with Gasteiger partial charge in [0.25, 0.3) is 0 Å². The number of alkyl halides is 1. The molecule has 142 valence electrons. The zero-order valence-electron chi connectivity index (χ0n) is 14.2. The largest absolute Gasteiger partial charge is 0.394 e. The molecule has 0 radical (unpaired) electrons. The first-order valence-corrected chi connectivity index (χ1v) is 9.43. The Balaban J connectivity index is 1.61. The molecule has 0 bridgehead atoms. The van der Waals surface area contributed by atoms with Gasteiger partial charge in [-0.15, -0.1) is 11.3 Å². The van der Waals surface area contributed by atoms with Gasteiger partial charge in [-0.1, -0.05) is 24.3 Å². The molecule has 3 N–H and O–H groups in total. The monoisotopic (exact) mass is 391 g/mol. The molecule has 1 saturated heterocycles. The van der Waals surface area contributed by atoms with Crippen LogP contribution in [0.25, 0.3) is 10.2 Å². The van der Waals surface area contributed by atoms with Gasteiger partial charge in [-0.2, -0.15) is 0 Å². The normalized spacial score (nSPS) is 30.1. The van der Waals surface area contributed by atoms with Gasteiger partial charge in [0, 0.05) is 5.56 Å². The molecule has 0 aromatic carbocycles. The van der Waals surface area contributed by atoms with E-state index in [1.165, 1.54) is 17.7 Å². The third-order valence-corrected chi connectivity index (χ3v) is 5.74. The second-order valence-corrected chi connectivity index (χ2v) is 7.33. The van der Waals surface area contributed by atoms with Crippen molar-refractivity contribution in [2.45, 2.75) is 30.9 Å². The summed E-state index contributed by atoms with van der Waals surface area (Å²) in [6.45, 7) is -0.472. The second kappa shape index (κ2) is 7.43. The van der Waals surface area contributed by atoms with Crippen molar-refractivity contribution < 1.29 is 24.1 Å². The zero-order valence-corrected chi connectivity index (χ0v) is 15.0. The van der Waals surface area contributed by atoms with Crippen molar-refractivity contribution in [3.8, 4) is 0 Å². The number of halogens is 1. The summed E-state index contributed by atoms with van der Waals surface area (Å²) in [6, 6.07) is 0. The highest BCUT2D eigenvalue weighted by atomic mass is 32.1. The van der Waals surface area contributed by atoms with Crippen LogP contribution in [0.15, 0.2) is 36.0 Å². The van der Waals surface area contributed by atoms with Crippen molar-refractivity contribution in [2.24, 2.45) is 5.92 Å². The number of rotatable bonds is 4. The summed E-state index contributed by atoms with van der Waals surface area (Å²) in [5, 5.41) is 23.6. The average molecular weight is 391 g/mol. The van der Waals surface area contributed by atoms with Crippen LogP contribution in [0.1, 0.15) is 18.1 Å². The lowest BCUT2D eigenvalue weighted by molar-refractivity contribution is -0.118. The maximum absolute atomic E-state index is 14.5. The van der Waals surface area contributed by atoms with Crippen LogP contribution in [0.4, 0.5) is 10.2 Å². The van der Waals surface area contributed by atoms with E-state index in [0.717, 1.165) is 0 Å². The lowest BCUT2D eigenvalue weighted by Crippen LogP contribution is -2.30. The highest BCUT2D eigenvalue weighted by Crippen LogP contribution is 2.41. The number of carbonyl (C=O) groups is 1.